The van der Waals surface area contributed by atoms with Crippen LogP contribution in [0, 0.1) is 18.3 Å². The number of hydrogen-bond donors (Lipinski definition) is 0. The summed E-state index contributed by atoms with van der Waals surface area (Å²) in [4.78, 5) is 6.72. The lowest BCUT2D eigenvalue weighted by molar-refractivity contribution is -0.151. The van der Waals surface area contributed by atoms with Crippen LogP contribution in [-0.4, -0.2) is 42.5 Å². The number of rotatable bonds is 1. The van der Waals surface area contributed by atoms with E-state index in [0.717, 1.165) is 37.5 Å². The first-order valence-corrected chi connectivity index (χ1v) is 7.34. The quantitative estimate of drug-likeness (QED) is 0.791. The van der Waals surface area contributed by atoms with E-state index in [1.165, 1.54) is 0 Å². The summed E-state index contributed by atoms with van der Waals surface area (Å²) in [5.41, 5.74) is 0.896. The molecule has 21 heavy (non-hydrogen) atoms. The van der Waals surface area contributed by atoms with Crippen LogP contribution < -0.4 is 4.90 Å². The van der Waals surface area contributed by atoms with Gasteiger partial charge in [-0.05, 0) is 32.4 Å². The molecule has 2 saturated heterocycles. The van der Waals surface area contributed by atoms with E-state index in [-0.39, 0.29) is 11.2 Å². The van der Waals surface area contributed by atoms with Crippen LogP contribution >= 0.6 is 0 Å². The van der Waals surface area contributed by atoms with Gasteiger partial charge in [-0.25, -0.2) is 4.98 Å². The highest BCUT2D eigenvalue weighted by atomic mass is 16.6. The summed E-state index contributed by atoms with van der Waals surface area (Å²) in [5, 5.41) is 9.17. The third-order valence-electron chi connectivity index (χ3n) is 4.12. The zero-order valence-corrected chi connectivity index (χ0v) is 12.8. The number of aromatic nitrogens is 1. The highest BCUT2D eigenvalue weighted by Gasteiger charge is 2.47. The first kappa shape index (κ1) is 14.3. The van der Waals surface area contributed by atoms with Gasteiger partial charge >= 0.3 is 0 Å². The summed E-state index contributed by atoms with van der Waals surface area (Å²) < 4.78 is 11.8. The SMILES string of the molecule is Cc1ccc(N2CC(C)(C)OC3(CCOC3)C2)nc1C#N. The fourth-order valence-corrected chi connectivity index (χ4v) is 3.28. The number of nitrogens with zero attached hydrogens (tertiary/aromatic N) is 3. The zero-order valence-electron chi connectivity index (χ0n) is 12.8. The zero-order chi connectivity index (χ0) is 15.1. The molecule has 0 aromatic carbocycles. The van der Waals surface area contributed by atoms with Crippen LogP contribution in [0.25, 0.3) is 0 Å². The molecule has 3 rings (SSSR count). The molecular formula is C16H21N3O2. The Morgan fingerprint density at radius 3 is 2.81 bits per heavy atom. The van der Waals surface area contributed by atoms with Crippen LogP contribution in [0.3, 0.4) is 0 Å². The second-order valence-electron chi connectivity index (χ2n) is 6.65. The van der Waals surface area contributed by atoms with Crippen LogP contribution in [0.2, 0.25) is 0 Å². The van der Waals surface area contributed by atoms with Crippen molar-refractivity contribution in [1.29, 1.82) is 5.26 Å². The lowest BCUT2D eigenvalue weighted by atomic mass is 9.95. The number of pyridine rings is 1. The van der Waals surface area contributed by atoms with Crippen molar-refractivity contribution in [3.05, 3.63) is 23.4 Å². The van der Waals surface area contributed by atoms with Gasteiger partial charge in [-0.15, -0.1) is 0 Å². The molecule has 2 aliphatic heterocycles. The fourth-order valence-electron chi connectivity index (χ4n) is 3.28. The third kappa shape index (κ3) is 2.74. The number of anilines is 1. The third-order valence-corrected chi connectivity index (χ3v) is 4.12. The maximum atomic E-state index is 9.17. The predicted octanol–water partition coefficient (Wildman–Crippen LogP) is 2.04. The van der Waals surface area contributed by atoms with Crippen molar-refractivity contribution >= 4 is 5.82 Å². The largest absolute Gasteiger partial charge is 0.378 e. The van der Waals surface area contributed by atoms with Gasteiger partial charge in [0.1, 0.15) is 23.2 Å². The van der Waals surface area contributed by atoms with Gasteiger partial charge in [0, 0.05) is 19.6 Å². The molecule has 1 spiro atoms. The minimum absolute atomic E-state index is 0.249. The Labute approximate surface area is 125 Å². The Bertz CT molecular complexity index is 586. The van der Waals surface area contributed by atoms with Gasteiger partial charge in [-0.2, -0.15) is 5.26 Å². The van der Waals surface area contributed by atoms with E-state index in [0.29, 0.717) is 12.3 Å². The summed E-state index contributed by atoms with van der Waals surface area (Å²) in [6, 6.07) is 6.11. The number of hydrogen-bond acceptors (Lipinski definition) is 5. The molecule has 3 heterocycles. The standard InChI is InChI=1S/C16H21N3O2/c1-12-4-5-14(18-13(12)8-17)19-9-15(2,3)21-16(10-19)6-7-20-11-16/h4-5H,6-7,9-11H2,1-3H3. The van der Waals surface area contributed by atoms with E-state index in [4.69, 9.17) is 9.47 Å². The fraction of sp³-hybridized carbons (Fsp3) is 0.625. The highest BCUT2D eigenvalue weighted by Crippen LogP contribution is 2.36. The molecule has 0 radical (unpaired) electrons. The molecule has 0 amide bonds. The van der Waals surface area contributed by atoms with E-state index in [1.54, 1.807) is 0 Å². The van der Waals surface area contributed by atoms with Gasteiger partial charge in [-0.3, -0.25) is 0 Å². The average Bonchev–Trinajstić information content (AvgIpc) is 2.84. The Balaban J connectivity index is 1.92. The maximum absolute atomic E-state index is 9.17. The first-order chi connectivity index (χ1) is 9.93. The molecule has 5 heteroatoms. The Morgan fingerprint density at radius 2 is 2.14 bits per heavy atom. The molecule has 1 aromatic rings. The monoisotopic (exact) mass is 287 g/mol. The molecule has 0 saturated carbocycles. The Hall–Kier alpha value is -1.64. The van der Waals surface area contributed by atoms with Gasteiger partial charge in [0.2, 0.25) is 0 Å². The summed E-state index contributed by atoms with van der Waals surface area (Å²) in [7, 11) is 0. The van der Waals surface area contributed by atoms with Crippen LogP contribution in [0.5, 0.6) is 0 Å². The Kier molecular flexibility index (Phi) is 3.39. The van der Waals surface area contributed by atoms with Crippen molar-refractivity contribution in [1.82, 2.24) is 4.98 Å². The van der Waals surface area contributed by atoms with Crippen molar-refractivity contribution in [2.75, 3.05) is 31.2 Å². The molecule has 0 bridgehead atoms. The summed E-state index contributed by atoms with van der Waals surface area (Å²) >= 11 is 0. The second kappa shape index (κ2) is 4.97. The normalized spacial score (nSPS) is 27.8. The van der Waals surface area contributed by atoms with Crippen molar-refractivity contribution in [3.8, 4) is 6.07 Å². The molecule has 0 aliphatic carbocycles. The van der Waals surface area contributed by atoms with Gasteiger partial charge < -0.3 is 14.4 Å². The lowest BCUT2D eigenvalue weighted by Gasteiger charge is -2.48. The van der Waals surface area contributed by atoms with Gasteiger partial charge in [0.05, 0.1) is 18.8 Å². The van der Waals surface area contributed by atoms with Crippen molar-refractivity contribution in [2.24, 2.45) is 0 Å². The number of nitriles is 1. The average molecular weight is 287 g/mol. The van der Waals surface area contributed by atoms with E-state index in [1.807, 2.05) is 19.1 Å². The van der Waals surface area contributed by atoms with Crippen molar-refractivity contribution in [3.63, 3.8) is 0 Å². The molecule has 112 valence electrons. The molecule has 1 aromatic heterocycles. The molecule has 5 nitrogen and oxygen atoms in total. The molecule has 1 unspecified atom stereocenters. The van der Waals surface area contributed by atoms with Crippen LogP contribution in [0.4, 0.5) is 5.82 Å². The number of aryl methyl sites for hydroxylation is 1. The van der Waals surface area contributed by atoms with Gasteiger partial charge in [0.25, 0.3) is 0 Å². The number of ether oxygens (including phenoxy) is 2. The van der Waals surface area contributed by atoms with E-state index < -0.39 is 0 Å². The van der Waals surface area contributed by atoms with Crippen LogP contribution in [0.1, 0.15) is 31.5 Å². The van der Waals surface area contributed by atoms with Gasteiger partial charge in [-0.1, -0.05) is 6.07 Å². The van der Waals surface area contributed by atoms with Crippen LogP contribution in [-0.2, 0) is 9.47 Å². The summed E-state index contributed by atoms with van der Waals surface area (Å²) in [6.45, 7) is 8.99. The van der Waals surface area contributed by atoms with Crippen LogP contribution in [0.15, 0.2) is 12.1 Å². The summed E-state index contributed by atoms with van der Waals surface area (Å²) in [5.74, 6) is 0.847. The molecule has 2 aliphatic rings. The Morgan fingerprint density at radius 1 is 1.33 bits per heavy atom. The van der Waals surface area contributed by atoms with E-state index in [9.17, 15) is 5.26 Å². The highest BCUT2D eigenvalue weighted by molar-refractivity contribution is 5.46. The first-order valence-electron chi connectivity index (χ1n) is 7.34. The number of morpholine rings is 1. The van der Waals surface area contributed by atoms with E-state index >= 15 is 0 Å². The van der Waals surface area contributed by atoms with Crippen molar-refractivity contribution in [2.45, 2.75) is 38.4 Å². The second-order valence-corrected chi connectivity index (χ2v) is 6.65. The molecular weight excluding hydrogens is 266 g/mol. The maximum Gasteiger partial charge on any atom is 0.145 e. The minimum atomic E-state index is -0.259. The topological polar surface area (TPSA) is 58.4 Å². The van der Waals surface area contributed by atoms with Gasteiger partial charge in [0.15, 0.2) is 0 Å². The molecule has 0 N–H and O–H groups in total. The molecule has 1 atom stereocenters. The lowest BCUT2D eigenvalue weighted by Crippen LogP contribution is -2.60. The van der Waals surface area contributed by atoms with Crippen molar-refractivity contribution < 1.29 is 9.47 Å². The smallest absolute Gasteiger partial charge is 0.145 e. The minimum Gasteiger partial charge on any atom is -0.378 e. The molecule has 2 fully saturated rings. The predicted molar refractivity (Wildman–Crippen MR) is 79.2 cm³/mol. The summed E-state index contributed by atoms with van der Waals surface area (Å²) in [6.07, 6.45) is 0.907. The van der Waals surface area contributed by atoms with E-state index in [2.05, 4.69) is 29.8 Å².